The van der Waals surface area contributed by atoms with Crippen LogP contribution in [0.15, 0.2) is 30.3 Å². The van der Waals surface area contributed by atoms with Gasteiger partial charge in [0, 0.05) is 5.69 Å². The van der Waals surface area contributed by atoms with E-state index in [4.69, 9.17) is 16.3 Å². The largest absolute Gasteiger partial charge is 0.495 e. The fraction of sp³-hybridized carbons (Fsp3) is 0.300. The number of amides is 2. The van der Waals surface area contributed by atoms with Gasteiger partial charge in [0.1, 0.15) is 5.75 Å². The minimum atomic E-state index is -0.750. The number of halogens is 1. The molecular weight excluding hydrogens is 352 g/mol. The van der Waals surface area contributed by atoms with E-state index in [0.717, 1.165) is 16.7 Å². The van der Waals surface area contributed by atoms with E-state index in [2.05, 4.69) is 16.7 Å². The maximum Gasteiger partial charge on any atom is 0.313 e. The van der Waals surface area contributed by atoms with Crippen molar-refractivity contribution >= 4 is 29.1 Å². The number of benzene rings is 2. The Bertz CT molecular complexity index is 849. The van der Waals surface area contributed by atoms with Crippen LogP contribution in [0, 0.1) is 20.8 Å². The first-order valence-corrected chi connectivity index (χ1v) is 8.64. The highest BCUT2D eigenvalue weighted by Crippen LogP contribution is 2.27. The van der Waals surface area contributed by atoms with Crippen molar-refractivity contribution in [1.29, 1.82) is 0 Å². The topological polar surface area (TPSA) is 67.4 Å². The van der Waals surface area contributed by atoms with Crippen LogP contribution < -0.4 is 15.4 Å². The molecule has 2 N–H and O–H groups in total. The summed E-state index contributed by atoms with van der Waals surface area (Å²) in [5.41, 5.74) is 4.82. The van der Waals surface area contributed by atoms with Gasteiger partial charge in [-0.1, -0.05) is 23.7 Å². The van der Waals surface area contributed by atoms with Crippen LogP contribution in [0.25, 0.3) is 0 Å². The Balaban J connectivity index is 2.06. The lowest BCUT2D eigenvalue weighted by Crippen LogP contribution is -2.37. The highest BCUT2D eigenvalue weighted by atomic mass is 35.5. The fourth-order valence-corrected chi connectivity index (χ4v) is 2.98. The maximum absolute atomic E-state index is 12.2. The molecule has 0 bridgehead atoms. The third-order valence-corrected chi connectivity index (χ3v) is 4.61. The van der Waals surface area contributed by atoms with Crippen molar-refractivity contribution in [2.75, 3.05) is 12.4 Å². The van der Waals surface area contributed by atoms with Gasteiger partial charge < -0.3 is 15.4 Å². The molecule has 0 aliphatic carbocycles. The van der Waals surface area contributed by atoms with Gasteiger partial charge in [0.15, 0.2) is 0 Å². The van der Waals surface area contributed by atoms with Crippen LogP contribution in [-0.4, -0.2) is 18.9 Å². The number of nitrogens with one attached hydrogen (secondary N) is 2. The Morgan fingerprint density at radius 2 is 1.65 bits per heavy atom. The number of ether oxygens (including phenoxy) is 1. The summed E-state index contributed by atoms with van der Waals surface area (Å²) in [5, 5.41) is 5.62. The summed E-state index contributed by atoms with van der Waals surface area (Å²) < 4.78 is 5.06. The molecule has 0 aromatic heterocycles. The van der Waals surface area contributed by atoms with Gasteiger partial charge in [-0.3, -0.25) is 9.59 Å². The van der Waals surface area contributed by atoms with Gasteiger partial charge >= 0.3 is 11.8 Å². The van der Waals surface area contributed by atoms with E-state index in [1.807, 2.05) is 33.8 Å². The monoisotopic (exact) mass is 374 g/mol. The molecule has 0 unspecified atom stereocenters. The number of aryl methyl sites for hydroxylation is 3. The van der Waals surface area contributed by atoms with E-state index in [9.17, 15) is 9.59 Å². The molecule has 2 aromatic carbocycles. The summed E-state index contributed by atoms with van der Waals surface area (Å²) in [7, 11) is 1.50. The first-order chi connectivity index (χ1) is 12.2. The SMILES string of the molecule is COc1ccc(NC(=O)C(=O)N[C@@H](C)c2cc(C)c(C)cc2C)cc1Cl. The Hall–Kier alpha value is -2.53. The standard InChI is InChI=1S/C20H23ClN2O3/c1-11-8-13(3)16(9-12(11)2)14(4)22-19(24)20(25)23-15-6-7-18(26-5)17(21)10-15/h6-10,14H,1-5H3,(H,22,24)(H,23,25)/t14-/m0/s1. The quantitative estimate of drug-likeness (QED) is 0.792. The van der Waals surface area contributed by atoms with E-state index >= 15 is 0 Å². The van der Waals surface area contributed by atoms with Crippen LogP contribution in [0.5, 0.6) is 5.75 Å². The predicted molar refractivity (Wildman–Crippen MR) is 104 cm³/mol. The first-order valence-electron chi connectivity index (χ1n) is 8.26. The number of hydrogen-bond acceptors (Lipinski definition) is 3. The summed E-state index contributed by atoms with van der Waals surface area (Å²) in [6.45, 7) is 7.91. The number of carbonyl (C=O) groups is 2. The smallest absolute Gasteiger partial charge is 0.313 e. The predicted octanol–water partition coefficient (Wildman–Crippen LogP) is 4.09. The molecule has 0 fully saturated rings. The molecule has 6 heteroatoms. The van der Waals surface area contributed by atoms with Crippen molar-refractivity contribution in [1.82, 2.24) is 5.32 Å². The average Bonchev–Trinajstić information content (AvgIpc) is 2.58. The van der Waals surface area contributed by atoms with Gasteiger partial charge in [-0.15, -0.1) is 0 Å². The van der Waals surface area contributed by atoms with Crippen molar-refractivity contribution < 1.29 is 14.3 Å². The van der Waals surface area contributed by atoms with Gasteiger partial charge in [-0.05, 0) is 68.1 Å². The zero-order chi connectivity index (χ0) is 19.4. The second-order valence-corrected chi connectivity index (χ2v) is 6.70. The molecule has 26 heavy (non-hydrogen) atoms. The highest BCUT2D eigenvalue weighted by molar-refractivity contribution is 6.40. The molecule has 0 saturated heterocycles. The van der Waals surface area contributed by atoms with Crippen molar-refractivity contribution in [2.45, 2.75) is 33.7 Å². The molecule has 2 aromatic rings. The van der Waals surface area contributed by atoms with Crippen LogP contribution in [0.1, 0.15) is 35.2 Å². The molecule has 0 aliphatic rings. The molecule has 2 rings (SSSR count). The van der Waals surface area contributed by atoms with Crippen molar-refractivity contribution in [2.24, 2.45) is 0 Å². The summed E-state index contributed by atoms with van der Waals surface area (Å²) >= 11 is 6.03. The number of methoxy groups -OCH3 is 1. The number of hydrogen-bond donors (Lipinski definition) is 2. The Kier molecular flexibility index (Phi) is 6.27. The lowest BCUT2D eigenvalue weighted by Gasteiger charge is -2.18. The minimum absolute atomic E-state index is 0.285. The zero-order valence-corrected chi connectivity index (χ0v) is 16.3. The first kappa shape index (κ1) is 19.8. The van der Waals surface area contributed by atoms with Crippen LogP contribution in [0.4, 0.5) is 5.69 Å². The third kappa shape index (κ3) is 4.55. The Labute approximate surface area is 158 Å². The van der Waals surface area contributed by atoms with Gasteiger partial charge in [0.25, 0.3) is 0 Å². The van der Waals surface area contributed by atoms with Gasteiger partial charge in [-0.25, -0.2) is 0 Å². The average molecular weight is 375 g/mol. The molecular formula is C20H23ClN2O3. The highest BCUT2D eigenvalue weighted by Gasteiger charge is 2.19. The van der Waals surface area contributed by atoms with Crippen LogP contribution >= 0.6 is 11.6 Å². The molecule has 138 valence electrons. The second-order valence-electron chi connectivity index (χ2n) is 6.29. The van der Waals surface area contributed by atoms with Crippen molar-refractivity contribution in [3.8, 4) is 5.75 Å². The summed E-state index contributed by atoms with van der Waals surface area (Å²) in [4.78, 5) is 24.4. The van der Waals surface area contributed by atoms with Gasteiger partial charge in [0.2, 0.25) is 0 Å². The Morgan fingerprint density at radius 1 is 1.00 bits per heavy atom. The number of rotatable bonds is 4. The molecule has 5 nitrogen and oxygen atoms in total. The molecule has 2 amide bonds. The van der Waals surface area contributed by atoms with E-state index < -0.39 is 11.8 Å². The maximum atomic E-state index is 12.2. The molecule has 0 saturated carbocycles. The van der Waals surface area contributed by atoms with Gasteiger partial charge in [0.05, 0.1) is 18.2 Å². The summed E-state index contributed by atoms with van der Waals surface area (Å²) in [6.07, 6.45) is 0. The molecule has 1 atom stereocenters. The summed E-state index contributed by atoms with van der Waals surface area (Å²) in [6, 6.07) is 8.60. The van der Waals surface area contributed by atoms with E-state index in [1.54, 1.807) is 12.1 Å². The van der Waals surface area contributed by atoms with Crippen LogP contribution in [0.3, 0.4) is 0 Å². The van der Waals surface area contributed by atoms with E-state index in [1.165, 1.54) is 18.7 Å². The van der Waals surface area contributed by atoms with Crippen LogP contribution in [0.2, 0.25) is 5.02 Å². The van der Waals surface area contributed by atoms with E-state index in [0.29, 0.717) is 16.5 Å². The van der Waals surface area contributed by atoms with Gasteiger partial charge in [-0.2, -0.15) is 0 Å². The lowest BCUT2D eigenvalue weighted by molar-refractivity contribution is -0.136. The van der Waals surface area contributed by atoms with Crippen molar-refractivity contribution in [3.05, 3.63) is 57.6 Å². The van der Waals surface area contributed by atoms with Crippen molar-refractivity contribution in [3.63, 3.8) is 0 Å². The molecule has 0 radical (unpaired) electrons. The zero-order valence-electron chi connectivity index (χ0n) is 15.6. The second kappa shape index (κ2) is 8.23. The van der Waals surface area contributed by atoms with E-state index in [-0.39, 0.29) is 6.04 Å². The number of carbonyl (C=O) groups excluding carboxylic acids is 2. The molecule has 0 heterocycles. The lowest BCUT2D eigenvalue weighted by atomic mass is 9.96. The normalized spacial score (nSPS) is 11.6. The van der Waals surface area contributed by atoms with Crippen LogP contribution in [-0.2, 0) is 9.59 Å². The number of anilines is 1. The fourth-order valence-electron chi connectivity index (χ4n) is 2.72. The Morgan fingerprint density at radius 3 is 2.27 bits per heavy atom. The minimum Gasteiger partial charge on any atom is -0.495 e. The third-order valence-electron chi connectivity index (χ3n) is 4.31. The summed E-state index contributed by atoms with van der Waals surface area (Å²) in [5.74, 6) is -0.963. The molecule has 0 aliphatic heterocycles. The molecule has 0 spiro atoms.